The molecule has 0 aliphatic heterocycles. The Labute approximate surface area is 111 Å². The number of aliphatic hydroxyl groups is 1. The first-order valence-corrected chi connectivity index (χ1v) is 5.79. The van der Waals surface area contributed by atoms with Crippen LogP contribution in [0.4, 0.5) is 15.8 Å². The quantitative estimate of drug-likeness (QED) is 0.617. The van der Waals surface area contributed by atoms with Crippen LogP contribution >= 0.6 is 15.9 Å². The summed E-state index contributed by atoms with van der Waals surface area (Å²) in [7, 11) is 1.44. The maximum Gasteiger partial charge on any atom is 0.273 e. The third kappa shape index (κ3) is 3.90. The molecule has 0 unspecified atom stereocenters. The van der Waals surface area contributed by atoms with E-state index >= 15 is 0 Å². The second kappa shape index (κ2) is 6.62. The SMILES string of the molecule is COC[C@H](O)CNc1c(F)cc([N+](=O)[O-])cc1Br. The zero-order chi connectivity index (χ0) is 13.7. The second-order valence-corrected chi connectivity index (χ2v) is 4.39. The number of nitro groups is 1. The van der Waals surface area contributed by atoms with Gasteiger partial charge in [0.25, 0.3) is 5.69 Å². The Bertz CT molecular complexity index is 421. The van der Waals surface area contributed by atoms with Crippen LogP contribution < -0.4 is 5.32 Å². The molecular weight excluding hydrogens is 311 g/mol. The summed E-state index contributed by atoms with van der Waals surface area (Å²) in [6.45, 7) is 0.181. The molecule has 0 fully saturated rings. The molecule has 0 saturated heterocycles. The second-order valence-electron chi connectivity index (χ2n) is 3.53. The highest BCUT2D eigenvalue weighted by Crippen LogP contribution is 2.30. The number of benzene rings is 1. The van der Waals surface area contributed by atoms with Crippen LogP contribution in [0.25, 0.3) is 0 Å². The van der Waals surface area contributed by atoms with Gasteiger partial charge < -0.3 is 15.2 Å². The van der Waals surface area contributed by atoms with E-state index in [0.717, 1.165) is 6.07 Å². The number of anilines is 1. The Morgan fingerprint density at radius 2 is 2.33 bits per heavy atom. The van der Waals surface area contributed by atoms with Crippen molar-refractivity contribution in [3.63, 3.8) is 0 Å². The fourth-order valence-corrected chi connectivity index (χ4v) is 1.87. The Kier molecular flexibility index (Phi) is 5.45. The zero-order valence-corrected chi connectivity index (χ0v) is 11.1. The molecule has 100 valence electrons. The number of non-ortho nitro benzene ring substituents is 1. The number of nitrogens with one attached hydrogen (secondary N) is 1. The number of hydrogen-bond donors (Lipinski definition) is 2. The molecule has 1 rings (SSSR count). The van der Waals surface area contributed by atoms with Gasteiger partial charge in [0.1, 0.15) is 0 Å². The predicted octanol–water partition coefficient (Wildman–Crippen LogP) is 1.92. The summed E-state index contributed by atoms with van der Waals surface area (Å²) in [5.74, 6) is -0.763. The van der Waals surface area contributed by atoms with E-state index in [1.165, 1.54) is 13.2 Å². The van der Waals surface area contributed by atoms with Gasteiger partial charge in [0.15, 0.2) is 5.82 Å². The summed E-state index contributed by atoms with van der Waals surface area (Å²) >= 11 is 3.04. The molecule has 1 atom stereocenters. The van der Waals surface area contributed by atoms with E-state index in [2.05, 4.69) is 21.2 Å². The summed E-state index contributed by atoms with van der Waals surface area (Å²) in [4.78, 5) is 9.83. The fourth-order valence-electron chi connectivity index (χ4n) is 1.31. The lowest BCUT2D eigenvalue weighted by atomic mass is 10.2. The molecule has 0 saturated carbocycles. The Balaban J connectivity index is 2.81. The highest BCUT2D eigenvalue weighted by Gasteiger charge is 2.16. The Hall–Kier alpha value is -1.25. The molecule has 0 bridgehead atoms. The Morgan fingerprint density at radius 1 is 1.67 bits per heavy atom. The fraction of sp³-hybridized carbons (Fsp3) is 0.400. The number of ether oxygens (including phenoxy) is 1. The first kappa shape index (κ1) is 14.8. The number of methoxy groups -OCH3 is 1. The van der Waals surface area contributed by atoms with Gasteiger partial charge in [-0.1, -0.05) is 0 Å². The van der Waals surface area contributed by atoms with Gasteiger partial charge in [0.05, 0.1) is 33.9 Å². The van der Waals surface area contributed by atoms with Crippen LogP contribution in [0.15, 0.2) is 16.6 Å². The molecule has 0 aliphatic rings. The molecular formula is C10H12BrFN2O4. The lowest BCUT2D eigenvalue weighted by Crippen LogP contribution is -2.24. The van der Waals surface area contributed by atoms with E-state index in [-0.39, 0.29) is 29.0 Å². The van der Waals surface area contributed by atoms with Crippen LogP contribution in [0.5, 0.6) is 0 Å². The van der Waals surface area contributed by atoms with Crippen molar-refractivity contribution in [3.05, 3.63) is 32.5 Å². The number of halogens is 2. The molecule has 8 heteroatoms. The van der Waals surface area contributed by atoms with E-state index in [9.17, 15) is 19.6 Å². The largest absolute Gasteiger partial charge is 0.389 e. The van der Waals surface area contributed by atoms with Gasteiger partial charge in [-0.2, -0.15) is 0 Å². The van der Waals surface area contributed by atoms with Crippen molar-refractivity contribution in [2.24, 2.45) is 0 Å². The van der Waals surface area contributed by atoms with Crippen molar-refractivity contribution in [1.29, 1.82) is 0 Å². The minimum absolute atomic E-state index is 0.0655. The third-order valence-electron chi connectivity index (χ3n) is 2.11. The van der Waals surface area contributed by atoms with Crippen LogP contribution in [0, 0.1) is 15.9 Å². The molecule has 0 spiro atoms. The summed E-state index contributed by atoms with van der Waals surface area (Å²) in [5.41, 5.74) is -0.280. The van der Waals surface area contributed by atoms with E-state index in [1.807, 2.05) is 0 Å². The maximum atomic E-state index is 13.6. The molecule has 1 aromatic rings. The number of nitrogens with zero attached hydrogens (tertiary/aromatic N) is 1. The third-order valence-corrected chi connectivity index (χ3v) is 2.74. The van der Waals surface area contributed by atoms with Crippen molar-refractivity contribution < 1.29 is 19.2 Å². The van der Waals surface area contributed by atoms with Gasteiger partial charge in [0.2, 0.25) is 0 Å². The van der Waals surface area contributed by atoms with Crippen LogP contribution in [0.3, 0.4) is 0 Å². The average Bonchev–Trinajstić information content (AvgIpc) is 2.27. The minimum Gasteiger partial charge on any atom is -0.389 e. The normalized spacial score (nSPS) is 12.2. The standard InChI is InChI=1S/C10H12BrFN2O4/c1-18-5-7(15)4-13-10-8(11)2-6(14(16)17)3-9(10)12/h2-3,7,13,15H,4-5H2,1H3/t7-/m1/s1. The number of hydrogen-bond acceptors (Lipinski definition) is 5. The van der Waals surface area contributed by atoms with E-state index in [4.69, 9.17) is 4.74 Å². The summed E-state index contributed by atoms with van der Waals surface area (Å²) in [5, 5.41) is 22.6. The summed E-state index contributed by atoms with van der Waals surface area (Å²) in [6.07, 6.45) is -0.795. The molecule has 0 heterocycles. The summed E-state index contributed by atoms with van der Waals surface area (Å²) in [6, 6.07) is 2.00. The van der Waals surface area contributed by atoms with E-state index in [0.29, 0.717) is 0 Å². The Morgan fingerprint density at radius 3 is 2.83 bits per heavy atom. The minimum atomic E-state index is -0.795. The molecule has 18 heavy (non-hydrogen) atoms. The molecule has 6 nitrogen and oxygen atoms in total. The number of rotatable bonds is 6. The highest BCUT2D eigenvalue weighted by molar-refractivity contribution is 9.10. The number of aliphatic hydroxyl groups excluding tert-OH is 1. The topological polar surface area (TPSA) is 84.6 Å². The van der Waals surface area contributed by atoms with Gasteiger partial charge in [-0.3, -0.25) is 10.1 Å². The van der Waals surface area contributed by atoms with Gasteiger partial charge >= 0.3 is 0 Å². The van der Waals surface area contributed by atoms with Gasteiger partial charge in [0, 0.05) is 19.7 Å². The maximum absolute atomic E-state index is 13.6. The van der Waals surface area contributed by atoms with Crippen molar-refractivity contribution >= 4 is 27.3 Å². The summed E-state index contributed by atoms with van der Waals surface area (Å²) < 4.78 is 18.5. The molecule has 0 aromatic heterocycles. The molecule has 0 radical (unpaired) electrons. The first-order valence-electron chi connectivity index (χ1n) is 5.00. The molecule has 0 aliphatic carbocycles. The lowest BCUT2D eigenvalue weighted by Gasteiger charge is -2.13. The molecule has 1 aromatic carbocycles. The van der Waals surface area contributed by atoms with Crippen molar-refractivity contribution in [3.8, 4) is 0 Å². The predicted molar refractivity (Wildman–Crippen MR) is 67.1 cm³/mol. The van der Waals surface area contributed by atoms with Gasteiger partial charge in [-0.25, -0.2) is 4.39 Å². The number of nitro benzene ring substituents is 1. The van der Waals surface area contributed by atoms with Crippen LogP contribution in [-0.4, -0.2) is 36.4 Å². The molecule has 0 amide bonds. The van der Waals surface area contributed by atoms with Gasteiger partial charge in [-0.15, -0.1) is 0 Å². The van der Waals surface area contributed by atoms with Gasteiger partial charge in [-0.05, 0) is 15.9 Å². The van der Waals surface area contributed by atoms with E-state index < -0.39 is 16.8 Å². The van der Waals surface area contributed by atoms with Crippen molar-refractivity contribution in [1.82, 2.24) is 0 Å². The first-order chi connectivity index (χ1) is 8.45. The monoisotopic (exact) mass is 322 g/mol. The van der Waals surface area contributed by atoms with Crippen molar-refractivity contribution in [2.45, 2.75) is 6.10 Å². The van der Waals surface area contributed by atoms with E-state index in [1.54, 1.807) is 0 Å². The lowest BCUT2D eigenvalue weighted by molar-refractivity contribution is -0.385. The van der Waals surface area contributed by atoms with Crippen LogP contribution in [0.1, 0.15) is 0 Å². The van der Waals surface area contributed by atoms with Crippen LogP contribution in [-0.2, 0) is 4.74 Å². The molecule has 2 N–H and O–H groups in total. The zero-order valence-electron chi connectivity index (χ0n) is 9.52. The highest BCUT2D eigenvalue weighted by atomic mass is 79.9. The average molecular weight is 323 g/mol. The smallest absolute Gasteiger partial charge is 0.273 e. The van der Waals surface area contributed by atoms with Crippen molar-refractivity contribution in [2.75, 3.05) is 25.6 Å². The van der Waals surface area contributed by atoms with Crippen LogP contribution in [0.2, 0.25) is 0 Å².